The van der Waals surface area contributed by atoms with E-state index in [9.17, 15) is 0 Å². The van der Waals surface area contributed by atoms with E-state index in [1.54, 1.807) is 0 Å². The highest BCUT2D eigenvalue weighted by atomic mass is 15.1. The maximum atomic E-state index is 2.48. The molecule has 0 amide bonds. The summed E-state index contributed by atoms with van der Waals surface area (Å²) in [5.41, 5.74) is 23.9. The van der Waals surface area contributed by atoms with E-state index in [-0.39, 0.29) is 10.8 Å². The zero-order chi connectivity index (χ0) is 41.9. The lowest BCUT2D eigenvalue weighted by Gasteiger charge is -2.31. The molecule has 0 heterocycles. The van der Waals surface area contributed by atoms with Crippen molar-refractivity contribution in [2.75, 3.05) is 4.90 Å². The first kappa shape index (κ1) is 36.0. The predicted molar refractivity (Wildman–Crippen MR) is 263 cm³/mol. The lowest BCUT2D eigenvalue weighted by Crippen LogP contribution is -2.25. The summed E-state index contributed by atoms with van der Waals surface area (Å²) in [5, 5.41) is 2.46. The number of fused-ring (bicyclic) bond motifs is 14. The lowest BCUT2D eigenvalue weighted by atomic mass is 9.70. The van der Waals surface area contributed by atoms with Gasteiger partial charge in [-0.3, -0.25) is 0 Å². The van der Waals surface area contributed by atoms with Crippen LogP contribution in [-0.2, 0) is 10.8 Å². The first-order valence-corrected chi connectivity index (χ1v) is 22.2. The molecule has 0 atom stereocenters. The van der Waals surface area contributed by atoms with Gasteiger partial charge < -0.3 is 4.90 Å². The smallest absolute Gasteiger partial charge is 0.0725 e. The van der Waals surface area contributed by atoms with Crippen molar-refractivity contribution >= 4 is 27.8 Å². The Morgan fingerprint density at radius 3 is 1.49 bits per heavy atom. The van der Waals surface area contributed by atoms with Crippen LogP contribution in [0.1, 0.15) is 47.2 Å². The molecule has 0 saturated carbocycles. The third-order valence-corrected chi connectivity index (χ3v) is 14.5. The van der Waals surface area contributed by atoms with Gasteiger partial charge in [0, 0.05) is 22.4 Å². The third kappa shape index (κ3) is 4.99. The van der Waals surface area contributed by atoms with E-state index in [1.165, 1.54) is 99.8 Å². The lowest BCUT2D eigenvalue weighted by molar-refractivity contribution is 0.660. The van der Waals surface area contributed by atoms with Crippen molar-refractivity contribution in [1.82, 2.24) is 0 Å². The fourth-order valence-electron chi connectivity index (χ4n) is 11.7. The number of anilines is 3. The minimum atomic E-state index is -0.378. The molecule has 0 unspecified atom stereocenters. The van der Waals surface area contributed by atoms with Crippen molar-refractivity contribution in [3.05, 3.63) is 258 Å². The predicted octanol–water partition coefficient (Wildman–Crippen LogP) is 16.3. The van der Waals surface area contributed by atoms with Crippen LogP contribution in [-0.4, -0.2) is 0 Å². The van der Waals surface area contributed by atoms with Crippen molar-refractivity contribution in [2.45, 2.75) is 24.7 Å². The van der Waals surface area contributed by atoms with E-state index in [1.807, 2.05) is 0 Å². The molecule has 3 aliphatic carbocycles. The van der Waals surface area contributed by atoms with E-state index in [2.05, 4.69) is 243 Å². The van der Waals surface area contributed by atoms with Gasteiger partial charge in [-0.25, -0.2) is 0 Å². The summed E-state index contributed by atoms with van der Waals surface area (Å²) in [5.74, 6) is 0. The van der Waals surface area contributed by atoms with Crippen molar-refractivity contribution in [1.29, 1.82) is 0 Å². The second kappa shape index (κ2) is 13.4. The molecule has 1 spiro atoms. The molecule has 296 valence electrons. The minimum Gasteiger partial charge on any atom is -0.310 e. The molecule has 1 heteroatoms. The zero-order valence-electron chi connectivity index (χ0n) is 35.3. The molecule has 10 aromatic rings. The Morgan fingerprint density at radius 1 is 0.317 bits per heavy atom. The molecular formula is C62H43N. The Bertz CT molecular complexity index is 3420. The third-order valence-electron chi connectivity index (χ3n) is 14.5. The Hall–Kier alpha value is -7.74. The fourth-order valence-corrected chi connectivity index (χ4v) is 11.7. The molecule has 0 N–H and O–H groups in total. The van der Waals surface area contributed by atoms with Crippen LogP contribution in [0.5, 0.6) is 0 Å². The van der Waals surface area contributed by atoms with Gasteiger partial charge >= 0.3 is 0 Å². The topological polar surface area (TPSA) is 3.24 Å². The number of benzene rings is 10. The maximum absolute atomic E-state index is 2.48. The summed E-state index contributed by atoms with van der Waals surface area (Å²) in [6, 6.07) is 84.0. The van der Waals surface area contributed by atoms with Crippen LogP contribution in [0.3, 0.4) is 0 Å². The highest BCUT2D eigenvalue weighted by Crippen LogP contribution is 2.63. The van der Waals surface area contributed by atoms with Gasteiger partial charge in [-0.1, -0.05) is 202 Å². The molecule has 0 bridgehead atoms. The standard InChI is InChI=1S/C62H43N/c1-61(2)53-24-12-8-23-50(53)52-39-45(34-36-54(52)61)63(59-37-31-41-16-6-7-19-46(41)60(59)42-17-4-3-5-18-42)44-32-28-40(29-33-44)43-30-35-51-49-22-11-15-27-57(49)62(58(51)38-43)55-25-13-9-20-47(55)48-21-10-14-26-56(48)62/h3-39H,1-2H3. The van der Waals surface area contributed by atoms with Crippen LogP contribution in [0, 0.1) is 0 Å². The van der Waals surface area contributed by atoms with Gasteiger partial charge in [-0.15, -0.1) is 0 Å². The molecule has 0 aromatic heterocycles. The number of hydrogen-bond acceptors (Lipinski definition) is 1. The maximum Gasteiger partial charge on any atom is 0.0725 e. The average molecular weight is 802 g/mol. The van der Waals surface area contributed by atoms with Crippen LogP contribution in [0.25, 0.3) is 66.4 Å². The Morgan fingerprint density at radius 2 is 0.825 bits per heavy atom. The van der Waals surface area contributed by atoms with Gasteiger partial charge in [0.25, 0.3) is 0 Å². The molecule has 10 aromatic carbocycles. The van der Waals surface area contributed by atoms with Gasteiger partial charge in [0.15, 0.2) is 0 Å². The van der Waals surface area contributed by atoms with Crippen LogP contribution in [0.2, 0.25) is 0 Å². The molecule has 0 saturated heterocycles. The summed E-state index contributed by atoms with van der Waals surface area (Å²) in [6.07, 6.45) is 0. The van der Waals surface area contributed by atoms with Crippen molar-refractivity contribution in [2.24, 2.45) is 0 Å². The second-order valence-electron chi connectivity index (χ2n) is 18.0. The summed E-state index contributed by atoms with van der Waals surface area (Å²) in [6.45, 7) is 4.71. The summed E-state index contributed by atoms with van der Waals surface area (Å²) < 4.78 is 0. The SMILES string of the molecule is CC1(C)c2ccccc2-c2cc(N(c3ccc(-c4ccc5c(c4)C4(c6ccccc6-c6ccccc64)c4ccccc4-5)cc3)c3ccc4ccccc4c3-c3ccccc3)ccc21. The molecule has 3 aliphatic rings. The Kier molecular flexibility index (Phi) is 7.64. The van der Waals surface area contributed by atoms with Crippen LogP contribution < -0.4 is 4.90 Å². The Balaban J connectivity index is 0.996. The van der Waals surface area contributed by atoms with Crippen LogP contribution >= 0.6 is 0 Å². The van der Waals surface area contributed by atoms with E-state index in [0.29, 0.717) is 0 Å². The quantitative estimate of drug-likeness (QED) is 0.168. The number of nitrogens with zero attached hydrogens (tertiary/aromatic N) is 1. The molecular weight excluding hydrogens is 759 g/mol. The van der Waals surface area contributed by atoms with Crippen LogP contribution in [0.15, 0.2) is 224 Å². The van der Waals surface area contributed by atoms with Crippen molar-refractivity contribution < 1.29 is 0 Å². The molecule has 0 fully saturated rings. The summed E-state index contributed by atoms with van der Waals surface area (Å²) in [4.78, 5) is 2.48. The first-order chi connectivity index (χ1) is 31.0. The van der Waals surface area contributed by atoms with Gasteiger partial charge in [0.2, 0.25) is 0 Å². The first-order valence-electron chi connectivity index (χ1n) is 22.2. The van der Waals surface area contributed by atoms with E-state index < -0.39 is 0 Å². The van der Waals surface area contributed by atoms with Gasteiger partial charge in [0.1, 0.15) is 0 Å². The van der Waals surface area contributed by atoms with E-state index in [4.69, 9.17) is 0 Å². The average Bonchev–Trinajstić information content (AvgIpc) is 3.90. The highest BCUT2D eigenvalue weighted by Gasteiger charge is 2.51. The largest absolute Gasteiger partial charge is 0.310 e. The fraction of sp³-hybridized carbons (Fsp3) is 0.0645. The monoisotopic (exact) mass is 801 g/mol. The Labute approximate surface area is 369 Å². The molecule has 63 heavy (non-hydrogen) atoms. The molecule has 0 aliphatic heterocycles. The highest BCUT2D eigenvalue weighted by molar-refractivity contribution is 6.06. The van der Waals surface area contributed by atoms with Crippen LogP contribution in [0.4, 0.5) is 17.1 Å². The normalized spacial score (nSPS) is 14.1. The van der Waals surface area contributed by atoms with E-state index in [0.717, 1.165) is 17.1 Å². The zero-order valence-corrected chi connectivity index (χ0v) is 35.3. The minimum absolute atomic E-state index is 0.0758. The van der Waals surface area contributed by atoms with Gasteiger partial charge in [-0.05, 0) is 131 Å². The van der Waals surface area contributed by atoms with Crippen molar-refractivity contribution in [3.8, 4) is 55.6 Å². The summed E-state index contributed by atoms with van der Waals surface area (Å²) >= 11 is 0. The van der Waals surface area contributed by atoms with Gasteiger partial charge in [-0.2, -0.15) is 0 Å². The van der Waals surface area contributed by atoms with Gasteiger partial charge in [0.05, 0.1) is 11.1 Å². The van der Waals surface area contributed by atoms with Crippen molar-refractivity contribution in [3.63, 3.8) is 0 Å². The molecule has 0 radical (unpaired) electrons. The van der Waals surface area contributed by atoms with E-state index >= 15 is 0 Å². The molecule has 13 rings (SSSR count). The second-order valence-corrected chi connectivity index (χ2v) is 18.0. The number of rotatable bonds is 5. The summed E-state index contributed by atoms with van der Waals surface area (Å²) in [7, 11) is 0. The molecule has 1 nitrogen and oxygen atoms in total. The number of hydrogen-bond donors (Lipinski definition) is 0.